The molecule has 29 heavy (non-hydrogen) atoms. The third-order valence-electron chi connectivity index (χ3n) is 4.18. The quantitative estimate of drug-likeness (QED) is 0.501. The summed E-state index contributed by atoms with van der Waals surface area (Å²) in [5.74, 6) is 2.01. The van der Waals surface area contributed by atoms with E-state index in [2.05, 4.69) is 20.3 Å². The third-order valence-corrected chi connectivity index (χ3v) is 5.07. The summed E-state index contributed by atoms with van der Waals surface area (Å²) < 4.78 is 10.8. The second-order valence-corrected chi connectivity index (χ2v) is 6.97. The van der Waals surface area contributed by atoms with Crippen LogP contribution >= 0.6 is 11.3 Å². The molecule has 3 aromatic heterocycles. The van der Waals surface area contributed by atoms with Crippen LogP contribution in [0.25, 0.3) is 22.2 Å². The van der Waals surface area contributed by atoms with E-state index in [1.807, 2.05) is 29.6 Å². The van der Waals surface area contributed by atoms with E-state index in [1.54, 1.807) is 37.7 Å². The van der Waals surface area contributed by atoms with Gasteiger partial charge in [0.25, 0.3) is 5.91 Å². The van der Waals surface area contributed by atoms with Crippen LogP contribution < -0.4 is 10.1 Å². The summed E-state index contributed by atoms with van der Waals surface area (Å²) >= 11 is 1.49. The van der Waals surface area contributed by atoms with Gasteiger partial charge in [0.15, 0.2) is 16.6 Å². The first-order chi connectivity index (χ1) is 14.2. The van der Waals surface area contributed by atoms with Crippen LogP contribution in [0.15, 0.2) is 64.7 Å². The van der Waals surface area contributed by atoms with Gasteiger partial charge in [-0.2, -0.15) is 0 Å². The van der Waals surface area contributed by atoms with Crippen LogP contribution in [0, 0.1) is 0 Å². The summed E-state index contributed by atoms with van der Waals surface area (Å²) in [5.41, 5.74) is 1.76. The molecule has 0 radical (unpaired) electrons. The lowest BCUT2D eigenvalue weighted by Crippen LogP contribution is -2.25. The molecule has 4 aromatic rings. The van der Waals surface area contributed by atoms with Gasteiger partial charge in [-0.25, -0.2) is 15.0 Å². The molecule has 0 aliphatic carbocycles. The Morgan fingerprint density at radius 3 is 2.69 bits per heavy atom. The lowest BCUT2D eigenvalue weighted by Gasteiger charge is -2.02. The Kier molecular flexibility index (Phi) is 5.62. The number of rotatable bonds is 7. The SMILES string of the molecule is COc1ccc(-c2ccc(C(=O)NCCc3csc(-c4ncccn4)n3)o2)cc1. The van der Waals surface area contributed by atoms with E-state index in [4.69, 9.17) is 9.15 Å². The first-order valence-electron chi connectivity index (χ1n) is 8.97. The average molecular weight is 406 g/mol. The van der Waals surface area contributed by atoms with Crippen molar-refractivity contribution in [1.29, 1.82) is 0 Å². The molecule has 0 unspecified atom stereocenters. The average Bonchev–Trinajstić information content (AvgIpc) is 3.45. The Hall–Kier alpha value is -3.52. The number of benzene rings is 1. The molecule has 7 nitrogen and oxygen atoms in total. The number of nitrogens with zero attached hydrogens (tertiary/aromatic N) is 3. The second kappa shape index (κ2) is 8.66. The lowest BCUT2D eigenvalue weighted by molar-refractivity contribution is 0.0927. The highest BCUT2D eigenvalue weighted by molar-refractivity contribution is 7.13. The number of carbonyl (C=O) groups is 1. The molecule has 0 bridgehead atoms. The summed E-state index contributed by atoms with van der Waals surface area (Å²) in [4.78, 5) is 25.3. The summed E-state index contributed by atoms with van der Waals surface area (Å²) in [7, 11) is 1.62. The molecular formula is C21H18N4O3S. The van der Waals surface area contributed by atoms with Gasteiger partial charge in [0, 0.05) is 36.3 Å². The predicted molar refractivity (Wildman–Crippen MR) is 110 cm³/mol. The highest BCUT2D eigenvalue weighted by atomic mass is 32.1. The van der Waals surface area contributed by atoms with Gasteiger partial charge in [0.05, 0.1) is 12.8 Å². The molecule has 0 saturated heterocycles. The van der Waals surface area contributed by atoms with Gasteiger partial charge in [-0.15, -0.1) is 11.3 Å². The molecule has 146 valence electrons. The Balaban J connectivity index is 1.32. The summed E-state index contributed by atoms with van der Waals surface area (Å²) in [6.45, 7) is 0.455. The number of amides is 1. The number of carbonyl (C=O) groups excluding carboxylic acids is 1. The second-order valence-electron chi connectivity index (χ2n) is 6.11. The number of hydrogen-bond donors (Lipinski definition) is 1. The largest absolute Gasteiger partial charge is 0.497 e. The number of methoxy groups -OCH3 is 1. The predicted octanol–water partition coefficient (Wildman–Crippen LogP) is 3.84. The molecule has 0 spiro atoms. The molecule has 0 saturated carbocycles. The van der Waals surface area contributed by atoms with Crippen molar-refractivity contribution in [3.63, 3.8) is 0 Å². The summed E-state index contributed by atoms with van der Waals surface area (Å²) in [5, 5.41) is 5.58. The van der Waals surface area contributed by atoms with E-state index in [0.717, 1.165) is 22.0 Å². The van der Waals surface area contributed by atoms with Gasteiger partial charge in [-0.05, 0) is 42.5 Å². The number of nitrogens with one attached hydrogen (secondary N) is 1. The highest BCUT2D eigenvalue weighted by Gasteiger charge is 2.13. The van der Waals surface area contributed by atoms with Crippen molar-refractivity contribution in [2.45, 2.75) is 6.42 Å². The van der Waals surface area contributed by atoms with Crippen molar-refractivity contribution in [1.82, 2.24) is 20.3 Å². The molecule has 1 N–H and O–H groups in total. The highest BCUT2D eigenvalue weighted by Crippen LogP contribution is 2.24. The Morgan fingerprint density at radius 2 is 1.93 bits per heavy atom. The topological polar surface area (TPSA) is 90.1 Å². The molecule has 8 heteroatoms. The normalized spacial score (nSPS) is 10.7. The standard InChI is InChI=1S/C21H18N4O3S/c1-27-16-5-3-14(4-6-16)17-7-8-18(28-17)20(26)24-12-9-15-13-29-21(25-15)19-22-10-2-11-23-19/h2-8,10-11,13H,9,12H2,1H3,(H,24,26). The molecular weight excluding hydrogens is 388 g/mol. The number of aromatic nitrogens is 3. The number of hydrogen-bond acceptors (Lipinski definition) is 7. The maximum absolute atomic E-state index is 12.3. The maximum atomic E-state index is 12.3. The van der Waals surface area contributed by atoms with Crippen LogP contribution in [0.1, 0.15) is 16.2 Å². The minimum absolute atomic E-state index is 0.258. The first-order valence-corrected chi connectivity index (χ1v) is 9.85. The molecule has 1 amide bonds. The monoisotopic (exact) mass is 406 g/mol. The molecule has 4 rings (SSSR count). The fraction of sp³-hybridized carbons (Fsp3) is 0.143. The van der Waals surface area contributed by atoms with E-state index in [-0.39, 0.29) is 11.7 Å². The Morgan fingerprint density at radius 1 is 1.14 bits per heavy atom. The van der Waals surface area contributed by atoms with Crippen LogP contribution in [0.4, 0.5) is 0 Å². The van der Waals surface area contributed by atoms with Crippen molar-refractivity contribution >= 4 is 17.2 Å². The fourth-order valence-electron chi connectivity index (χ4n) is 2.70. The molecule has 0 fully saturated rings. The van der Waals surface area contributed by atoms with E-state index < -0.39 is 0 Å². The molecule has 3 heterocycles. The van der Waals surface area contributed by atoms with Crippen molar-refractivity contribution in [2.75, 3.05) is 13.7 Å². The molecule has 1 aromatic carbocycles. The summed E-state index contributed by atoms with van der Waals surface area (Å²) in [6.07, 6.45) is 3.99. The van der Waals surface area contributed by atoms with E-state index >= 15 is 0 Å². The minimum Gasteiger partial charge on any atom is -0.497 e. The Bertz CT molecular complexity index is 1090. The minimum atomic E-state index is -0.258. The van der Waals surface area contributed by atoms with E-state index in [9.17, 15) is 4.79 Å². The first kappa shape index (κ1) is 18.8. The van der Waals surface area contributed by atoms with Crippen LogP contribution in [0.2, 0.25) is 0 Å². The number of thiazole rings is 1. The van der Waals surface area contributed by atoms with Gasteiger partial charge >= 0.3 is 0 Å². The lowest BCUT2D eigenvalue weighted by atomic mass is 10.2. The van der Waals surface area contributed by atoms with Crippen molar-refractivity contribution in [3.8, 4) is 27.9 Å². The molecule has 0 aliphatic heterocycles. The van der Waals surface area contributed by atoms with Crippen molar-refractivity contribution in [3.05, 3.63) is 71.7 Å². The van der Waals surface area contributed by atoms with Crippen molar-refractivity contribution in [2.24, 2.45) is 0 Å². The number of furan rings is 1. The zero-order valence-corrected chi connectivity index (χ0v) is 16.5. The zero-order chi connectivity index (χ0) is 20.1. The smallest absolute Gasteiger partial charge is 0.287 e. The van der Waals surface area contributed by atoms with Gasteiger partial charge in [-0.1, -0.05) is 0 Å². The molecule has 0 atom stereocenters. The van der Waals surface area contributed by atoms with Crippen LogP contribution in [-0.2, 0) is 6.42 Å². The van der Waals surface area contributed by atoms with Gasteiger partial charge < -0.3 is 14.5 Å². The van der Waals surface area contributed by atoms with Gasteiger partial charge in [0.2, 0.25) is 0 Å². The summed E-state index contributed by atoms with van der Waals surface area (Å²) in [6, 6.07) is 12.7. The zero-order valence-electron chi connectivity index (χ0n) is 15.7. The van der Waals surface area contributed by atoms with Gasteiger partial charge in [0.1, 0.15) is 11.5 Å². The van der Waals surface area contributed by atoms with Gasteiger partial charge in [-0.3, -0.25) is 4.79 Å². The third kappa shape index (κ3) is 4.49. The Labute approximate surface area is 171 Å². The van der Waals surface area contributed by atoms with Crippen LogP contribution in [0.5, 0.6) is 5.75 Å². The molecule has 0 aliphatic rings. The van der Waals surface area contributed by atoms with E-state index in [0.29, 0.717) is 24.6 Å². The maximum Gasteiger partial charge on any atom is 0.287 e. The number of ether oxygens (including phenoxy) is 1. The fourth-order valence-corrected chi connectivity index (χ4v) is 3.49. The van der Waals surface area contributed by atoms with Crippen molar-refractivity contribution < 1.29 is 13.9 Å². The van der Waals surface area contributed by atoms with E-state index in [1.165, 1.54) is 11.3 Å². The van der Waals surface area contributed by atoms with Crippen LogP contribution in [-0.4, -0.2) is 34.5 Å². The van der Waals surface area contributed by atoms with Crippen LogP contribution in [0.3, 0.4) is 0 Å².